The molecule has 2 fully saturated rings. The zero-order valence-corrected chi connectivity index (χ0v) is 12.1. The van der Waals surface area contributed by atoms with E-state index in [4.69, 9.17) is 0 Å². The summed E-state index contributed by atoms with van der Waals surface area (Å²) in [5, 5.41) is 2.87. The van der Waals surface area contributed by atoms with Gasteiger partial charge in [-0.25, -0.2) is 0 Å². The van der Waals surface area contributed by atoms with Gasteiger partial charge in [-0.2, -0.15) is 0 Å². The summed E-state index contributed by atoms with van der Waals surface area (Å²) < 4.78 is 0. The van der Waals surface area contributed by atoms with Gasteiger partial charge in [-0.15, -0.1) is 0 Å². The second kappa shape index (κ2) is 4.62. The van der Waals surface area contributed by atoms with Crippen molar-refractivity contribution >= 4 is 17.5 Å². The number of nitrogens with one attached hydrogen (secondary N) is 1. The van der Waals surface area contributed by atoms with Crippen molar-refractivity contribution in [3.63, 3.8) is 0 Å². The van der Waals surface area contributed by atoms with Gasteiger partial charge in [-0.05, 0) is 62.8 Å². The Balaban J connectivity index is 1.97. The maximum absolute atomic E-state index is 12.7. The van der Waals surface area contributed by atoms with E-state index < -0.39 is 6.04 Å². The number of amides is 2. The van der Waals surface area contributed by atoms with Crippen LogP contribution in [0.15, 0.2) is 18.2 Å². The number of benzene rings is 1. The van der Waals surface area contributed by atoms with Crippen molar-refractivity contribution in [2.45, 2.75) is 45.7 Å². The second-order valence-corrected chi connectivity index (χ2v) is 5.98. The van der Waals surface area contributed by atoms with Crippen LogP contribution in [0.2, 0.25) is 0 Å². The van der Waals surface area contributed by atoms with E-state index in [1.807, 2.05) is 32.0 Å². The first-order chi connectivity index (χ1) is 9.49. The second-order valence-electron chi connectivity index (χ2n) is 5.98. The number of carbonyl (C=O) groups excluding carboxylic acids is 2. The highest BCUT2D eigenvalue weighted by Crippen LogP contribution is 2.36. The van der Waals surface area contributed by atoms with Crippen LogP contribution < -0.4 is 10.2 Å². The van der Waals surface area contributed by atoms with E-state index in [1.54, 1.807) is 11.8 Å². The normalized spacial score (nSPS) is 26.6. The van der Waals surface area contributed by atoms with Gasteiger partial charge in [0.05, 0.1) is 0 Å². The Morgan fingerprint density at radius 2 is 1.85 bits per heavy atom. The summed E-state index contributed by atoms with van der Waals surface area (Å²) in [5.41, 5.74) is 3.15. The summed E-state index contributed by atoms with van der Waals surface area (Å²) in [7, 11) is 0. The van der Waals surface area contributed by atoms with Gasteiger partial charge >= 0.3 is 0 Å². The van der Waals surface area contributed by atoms with E-state index in [1.165, 1.54) is 5.56 Å². The van der Waals surface area contributed by atoms with Gasteiger partial charge in [-0.3, -0.25) is 14.5 Å². The van der Waals surface area contributed by atoms with Gasteiger partial charge in [0.25, 0.3) is 5.91 Å². The molecule has 3 rings (SSSR count). The van der Waals surface area contributed by atoms with Crippen LogP contribution in [0.1, 0.15) is 30.9 Å². The van der Waals surface area contributed by atoms with Crippen LogP contribution >= 0.6 is 0 Å². The van der Waals surface area contributed by atoms with Crippen LogP contribution in [0, 0.1) is 19.8 Å². The monoisotopic (exact) mass is 272 g/mol. The first kappa shape index (κ1) is 13.2. The lowest BCUT2D eigenvalue weighted by Gasteiger charge is -2.37. The van der Waals surface area contributed by atoms with Gasteiger partial charge < -0.3 is 5.32 Å². The van der Waals surface area contributed by atoms with E-state index in [9.17, 15) is 9.59 Å². The number of hydrogen-bond acceptors (Lipinski definition) is 2. The highest BCUT2D eigenvalue weighted by molar-refractivity contribution is 6.08. The summed E-state index contributed by atoms with van der Waals surface area (Å²) in [6.45, 7) is 5.85. The number of nitrogens with zero attached hydrogens (tertiary/aromatic N) is 1. The van der Waals surface area contributed by atoms with Crippen LogP contribution in [0.4, 0.5) is 5.69 Å². The SMILES string of the molecule is Cc1ccc(N2C(=O)C(C3CC3)NC(=O)C2C)cc1C. The fourth-order valence-corrected chi connectivity index (χ4v) is 2.77. The minimum absolute atomic E-state index is 0.0304. The lowest BCUT2D eigenvalue weighted by atomic mass is 10.0. The highest BCUT2D eigenvalue weighted by Gasteiger charge is 2.45. The molecule has 1 aromatic carbocycles. The molecule has 20 heavy (non-hydrogen) atoms. The van der Waals surface area contributed by atoms with Crippen LogP contribution in [0.25, 0.3) is 0 Å². The van der Waals surface area contributed by atoms with Crippen LogP contribution in [-0.2, 0) is 9.59 Å². The number of aryl methyl sites for hydroxylation is 2. The van der Waals surface area contributed by atoms with Crippen molar-refractivity contribution in [3.05, 3.63) is 29.3 Å². The minimum atomic E-state index is -0.445. The molecule has 0 aromatic heterocycles. The summed E-state index contributed by atoms with van der Waals surface area (Å²) in [5.74, 6) is 0.301. The predicted octanol–water partition coefficient (Wildman–Crippen LogP) is 1.93. The van der Waals surface area contributed by atoms with Crippen molar-refractivity contribution in [1.29, 1.82) is 0 Å². The zero-order valence-electron chi connectivity index (χ0n) is 12.1. The third kappa shape index (κ3) is 2.09. The number of piperazine rings is 1. The topological polar surface area (TPSA) is 49.4 Å². The molecular formula is C16H20N2O2. The molecule has 1 aromatic rings. The Morgan fingerprint density at radius 3 is 2.45 bits per heavy atom. The summed E-state index contributed by atoms with van der Waals surface area (Å²) >= 11 is 0. The molecule has 1 aliphatic heterocycles. The van der Waals surface area contributed by atoms with Gasteiger partial charge in [-0.1, -0.05) is 6.07 Å². The molecule has 2 amide bonds. The van der Waals surface area contributed by atoms with Crippen molar-refractivity contribution in [2.24, 2.45) is 5.92 Å². The van der Waals surface area contributed by atoms with Crippen molar-refractivity contribution in [1.82, 2.24) is 5.32 Å². The van der Waals surface area contributed by atoms with Crippen molar-refractivity contribution < 1.29 is 9.59 Å². The smallest absolute Gasteiger partial charge is 0.250 e. The first-order valence-corrected chi connectivity index (χ1v) is 7.19. The van der Waals surface area contributed by atoms with E-state index in [0.29, 0.717) is 5.92 Å². The molecule has 0 bridgehead atoms. The maximum Gasteiger partial charge on any atom is 0.250 e. The van der Waals surface area contributed by atoms with Gasteiger partial charge in [0.15, 0.2) is 0 Å². The number of hydrogen-bond donors (Lipinski definition) is 1. The molecular weight excluding hydrogens is 252 g/mol. The molecule has 2 atom stereocenters. The van der Waals surface area contributed by atoms with E-state index in [-0.39, 0.29) is 17.9 Å². The average molecular weight is 272 g/mol. The summed E-state index contributed by atoms with van der Waals surface area (Å²) in [6.07, 6.45) is 2.07. The Bertz CT molecular complexity index is 578. The third-order valence-corrected chi connectivity index (χ3v) is 4.43. The summed E-state index contributed by atoms with van der Waals surface area (Å²) in [4.78, 5) is 26.4. The molecule has 4 heteroatoms. The molecule has 106 valence electrons. The van der Waals surface area contributed by atoms with E-state index >= 15 is 0 Å². The third-order valence-electron chi connectivity index (χ3n) is 4.43. The van der Waals surface area contributed by atoms with Gasteiger partial charge in [0, 0.05) is 5.69 Å². The number of rotatable bonds is 2. The predicted molar refractivity (Wildman–Crippen MR) is 77.5 cm³/mol. The number of carbonyl (C=O) groups is 2. The molecule has 1 aliphatic carbocycles. The lowest BCUT2D eigenvalue weighted by molar-refractivity contribution is -0.133. The Morgan fingerprint density at radius 1 is 1.15 bits per heavy atom. The zero-order chi connectivity index (χ0) is 14.4. The molecule has 1 saturated carbocycles. The fraction of sp³-hybridized carbons (Fsp3) is 0.500. The quantitative estimate of drug-likeness (QED) is 0.894. The van der Waals surface area contributed by atoms with Crippen LogP contribution in [-0.4, -0.2) is 23.9 Å². The van der Waals surface area contributed by atoms with Crippen molar-refractivity contribution in [2.75, 3.05) is 4.90 Å². The Hall–Kier alpha value is -1.84. The van der Waals surface area contributed by atoms with E-state index in [0.717, 1.165) is 24.1 Å². The molecule has 0 spiro atoms. The Labute approximate surface area is 119 Å². The lowest BCUT2D eigenvalue weighted by Crippen LogP contribution is -2.63. The molecule has 1 saturated heterocycles. The molecule has 1 heterocycles. The van der Waals surface area contributed by atoms with Crippen molar-refractivity contribution in [3.8, 4) is 0 Å². The molecule has 2 aliphatic rings. The Kier molecular flexibility index (Phi) is 3.04. The average Bonchev–Trinajstić information content (AvgIpc) is 3.22. The minimum Gasteiger partial charge on any atom is -0.342 e. The summed E-state index contributed by atoms with van der Waals surface area (Å²) in [6, 6.07) is 5.15. The maximum atomic E-state index is 12.7. The van der Waals surface area contributed by atoms with Gasteiger partial charge in [0.2, 0.25) is 5.91 Å². The van der Waals surface area contributed by atoms with Crippen LogP contribution in [0.3, 0.4) is 0 Å². The van der Waals surface area contributed by atoms with Gasteiger partial charge in [0.1, 0.15) is 12.1 Å². The standard InChI is InChI=1S/C16H20N2O2/c1-9-4-7-13(8-10(9)2)18-11(3)15(19)17-14(16(18)20)12-5-6-12/h4,7-8,11-12,14H,5-6H2,1-3H3,(H,17,19). The van der Waals surface area contributed by atoms with E-state index in [2.05, 4.69) is 5.32 Å². The largest absolute Gasteiger partial charge is 0.342 e. The highest BCUT2D eigenvalue weighted by atomic mass is 16.2. The first-order valence-electron chi connectivity index (χ1n) is 7.19. The molecule has 1 N–H and O–H groups in total. The number of anilines is 1. The molecule has 2 unspecified atom stereocenters. The molecule has 0 radical (unpaired) electrons. The molecule has 4 nitrogen and oxygen atoms in total. The van der Waals surface area contributed by atoms with Crippen LogP contribution in [0.5, 0.6) is 0 Å². The fourth-order valence-electron chi connectivity index (χ4n) is 2.77.